The van der Waals surface area contributed by atoms with Gasteiger partial charge in [0, 0.05) is 27.0 Å². The Labute approximate surface area is 216 Å². The van der Waals surface area contributed by atoms with Gasteiger partial charge in [0.2, 0.25) is 0 Å². The molecule has 5 aromatic rings. The first-order chi connectivity index (χ1) is 17.3. The highest BCUT2D eigenvalue weighted by molar-refractivity contribution is 7.92. The van der Waals surface area contributed by atoms with Crippen LogP contribution in [0.15, 0.2) is 95.2 Å². The van der Waals surface area contributed by atoms with Crippen LogP contribution in [0.25, 0.3) is 22.0 Å². The number of hydrogen-bond donors (Lipinski definition) is 3. The quantitative estimate of drug-likeness (QED) is 0.234. The molecule has 36 heavy (non-hydrogen) atoms. The van der Waals surface area contributed by atoms with Crippen molar-refractivity contribution in [1.82, 2.24) is 4.98 Å². The number of hydrogen-bond acceptors (Lipinski definition) is 6. The summed E-state index contributed by atoms with van der Waals surface area (Å²) in [6.45, 7) is 0. The van der Waals surface area contributed by atoms with Crippen LogP contribution in [0.3, 0.4) is 0 Å². The Morgan fingerprint density at radius 3 is 2.53 bits per heavy atom. The minimum Gasteiger partial charge on any atom is -0.506 e. The van der Waals surface area contributed by atoms with Crippen molar-refractivity contribution in [3.63, 3.8) is 0 Å². The Hall–Kier alpha value is -3.92. The van der Waals surface area contributed by atoms with E-state index >= 15 is 0 Å². The molecule has 0 radical (unpaired) electrons. The molecular formula is C26H18ClN3O4S2. The number of sulfonamides is 1. The van der Waals surface area contributed by atoms with Crippen molar-refractivity contribution in [2.45, 2.75) is 4.90 Å². The zero-order chi connectivity index (χ0) is 25.3. The van der Waals surface area contributed by atoms with Crippen LogP contribution in [0.1, 0.15) is 10.4 Å². The second-order valence-electron chi connectivity index (χ2n) is 7.82. The lowest BCUT2D eigenvalue weighted by Gasteiger charge is -2.09. The molecule has 0 atom stereocenters. The number of aromatic nitrogens is 1. The van der Waals surface area contributed by atoms with E-state index in [0.717, 1.165) is 5.39 Å². The molecule has 1 amide bonds. The number of nitrogens with zero attached hydrogens (tertiary/aromatic N) is 1. The van der Waals surface area contributed by atoms with Crippen LogP contribution in [0.2, 0.25) is 5.02 Å². The molecule has 0 spiro atoms. The molecular weight excluding hydrogens is 518 g/mol. The second kappa shape index (κ2) is 9.62. The third-order valence-corrected chi connectivity index (χ3v) is 7.81. The van der Waals surface area contributed by atoms with Crippen molar-refractivity contribution in [3.8, 4) is 17.0 Å². The van der Waals surface area contributed by atoms with Crippen LogP contribution in [-0.2, 0) is 10.0 Å². The average molecular weight is 536 g/mol. The molecule has 1 heterocycles. The van der Waals surface area contributed by atoms with E-state index in [4.69, 9.17) is 11.6 Å². The van der Waals surface area contributed by atoms with E-state index in [2.05, 4.69) is 15.0 Å². The Morgan fingerprint density at radius 2 is 1.72 bits per heavy atom. The number of phenols is 1. The summed E-state index contributed by atoms with van der Waals surface area (Å²) >= 11 is 7.07. The molecule has 0 bridgehead atoms. The number of phenolic OH excluding ortho intramolecular Hbond substituents is 1. The van der Waals surface area contributed by atoms with Gasteiger partial charge in [0.25, 0.3) is 15.9 Å². The summed E-state index contributed by atoms with van der Waals surface area (Å²) in [5, 5.41) is 17.2. The first-order valence-corrected chi connectivity index (χ1v) is 13.4. The maximum Gasteiger partial charge on any atom is 0.261 e. The lowest BCUT2D eigenvalue weighted by Crippen LogP contribution is -2.12. The summed E-state index contributed by atoms with van der Waals surface area (Å²) in [6, 6.07) is 23.2. The highest BCUT2D eigenvalue weighted by Gasteiger charge is 2.17. The molecule has 3 N–H and O–H groups in total. The van der Waals surface area contributed by atoms with Gasteiger partial charge in [-0.1, -0.05) is 54.1 Å². The van der Waals surface area contributed by atoms with E-state index in [1.807, 2.05) is 12.1 Å². The van der Waals surface area contributed by atoms with E-state index < -0.39 is 15.9 Å². The van der Waals surface area contributed by atoms with Gasteiger partial charge in [-0.25, -0.2) is 13.4 Å². The molecule has 0 aliphatic heterocycles. The Kier molecular flexibility index (Phi) is 6.36. The van der Waals surface area contributed by atoms with Crippen LogP contribution >= 0.6 is 22.9 Å². The van der Waals surface area contributed by atoms with Crippen molar-refractivity contribution >= 4 is 60.5 Å². The minimum atomic E-state index is -3.80. The molecule has 0 aliphatic rings. The van der Waals surface area contributed by atoms with E-state index in [1.165, 1.54) is 35.6 Å². The van der Waals surface area contributed by atoms with Gasteiger partial charge in [-0.3, -0.25) is 14.8 Å². The summed E-state index contributed by atoms with van der Waals surface area (Å²) < 4.78 is 27.9. The summed E-state index contributed by atoms with van der Waals surface area (Å²) in [7, 11) is -3.80. The van der Waals surface area contributed by atoms with Crippen LogP contribution in [-0.4, -0.2) is 24.4 Å². The Balaban J connectivity index is 1.34. The summed E-state index contributed by atoms with van der Waals surface area (Å²) in [5.41, 5.74) is 1.73. The highest BCUT2D eigenvalue weighted by Crippen LogP contribution is 2.31. The highest BCUT2D eigenvalue weighted by atomic mass is 35.5. The number of halogens is 1. The van der Waals surface area contributed by atoms with Gasteiger partial charge < -0.3 is 5.11 Å². The molecule has 1 aromatic heterocycles. The molecule has 7 nitrogen and oxygen atoms in total. The number of fused-ring (bicyclic) bond motifs is 1. The summed E-state index contributed by atoms with van der Waals surface area (Å²) in [5.74, 6) is -0.577. The zero-order valence-corrected chi connectivity index (χ0v) is 20.9. The molecule has 0 saturated carbocycles. The molecule has 0 saturated heterocycles. The van der Waals surface area contributed by atoms with E-state index in [-0.39, 0.29) is 16.2 Å². The largest absolute Gasteiger partial charge is 0.506 e. The number of nitrogens with one attached hydrogen (secondary N) is 2. The number of benzene rings is 4. The molecule has 0 fully saturated rings. The number of thiazole rings is 1. The Morgan fingerprint density at radius 1 is 0.944 bits per heavy atom. The maximum atomic E-state index is 12.8. The predicted octanol–water partition coefficient (Wildman–Crippen LogP) is 6.38. The van der Waals surface area contributed by atoms with Crippen LogP contribution < -0.4 is 10.0 Å². The minimum absolute atomic E-state index is 0.0907. The van der Waals surface area contributed by atoms with E-state index in [9.17, 15) is 18.3 Å². The van der Waals surface area contributed by atoms with Crippen LogP contribution in [0.5, 0.6) is 5.75 Å². The van der Waals surface area contributed by atoms with Gasteiger partial charge in [-0.05, 0) is 47.9 Å². The van der Waals surface area contributed by atoms with Crippen LogP contribution in [0.4, 0.5) is 10.8 Å². The monoisotopic (exact) mass is 535 g/mol. The first kappa shape index (κ1) is 23.8. The maximum absolute atomic E-state index is 12.8. The number of anilines is 2. The van der Waals surface area contributed by atoms with Crippen molar-refractivity contribution in [1.29, 1.82) is 0 Å². The summed E-state index contributed by atoms with van der Waals surface area (Å²) in [4.78, 5) is 17.3. The zero-order valence-electron chi connectivity index (χ0n) is 18.5. The van der Waals surface area contributed by atoms with Gasteiger partial charge in [0.1, 0.15) is 5.75 Å². The van der Waals surface area contributed by atoms with Gasteiger partial charge in [-0.15, -0.1) is 11.3 Å². The van der Waals surface area contributed by atoms with Crippen molar-refractivity contribution in [3.05, 3.63) is 101 Å². The fourth-order valence-electron chi connectivity index (χ4n) is 3.64. The number of carbonyl (C=O) groups is 1. The van der Waals surface area contributed by atoms with Gasteiger partial charge in [-0.2, -0.15) is 0 Å². The lowest BCUT2D eigenvalue weighted by atomic mass is 10.0. The van der Waals surface area contributed by atoms with Gasteiger partial charge >= 0.3 is 0 Å². The van der Waals surface area contributed by atoms with Crippen molar-refractivity contribution in [2.24, 2.45) is 0 Å². The van der Waals surface area contributed by atoms with E-state index in [0.29, 0.717) is 32.5 Å². The molecule has 0 unspecified atom stereocenters. The number of amides is 1. The van der Waals surface area contributed by atoms with Crippen molar-refractivity contribution < 1.29 is 18.3 Å². The number of rotatable bonds is 6. The average Bonchev–Trinajstić information content (AvgIpc) is 3.33. The second-order valence-corrected chi connectivity index (χ2v) is 10.8. The lowest BCUT2D eigenvalue weighted by molar-refractivity contribution is 0.102. The topological polar surface area (TPSA) is 108 Å². The molecule has 180 valence electrons. The predicted molar refractivity (Wildman–Crippen MR) is 143 cm³/mol. The van der Waals surface area contributed by atoms with Gasteiger partial charge in [0.05, 0.1) is 16.2 Å². The molecule has 4 aromatic carbocycles. The number of carbonyl (C=O) groups excluding carboxylic acids is 1. The normalized spacial score (nSPS) is 11.4. The molecule has 0 aliphatic carbocycles. The van der Waals surface area contributed by atoms with Crippen LogP contribution in [0, 0.1) is 0 Å². The third kappa shape index (κ3) is 4.90. The standard InChI is InChI=1S/C26H18ClN3O4S2/c27-18-9-11-20(12-10-18)36(33,34)30-19-6-3-5-17(14-19)23-15-35-26(28-23)29-25(32)22-13-8-16-4-1-2-7-21(16)24(22)31/h1-15,30-31H,(H,28,29,32). The smallest absolute Gasteiger partial charge is 0.261 e. The Bertz CT molecular complexity index is 1700. The number of aromatic hydroxyl groups is 1. The molecule has 10 heteroatoms. The fraction of sp³-hybridized carbons (Fsp3) is 0. The fourth-order valence-corrected chi connectivity index (χ4v) is 5.53. The first-order valence-electron chi connectivity index (χ1n) is 10.7. The van der Waals surface area contributed by atoms with E-state index in [1.54, 1.807) is 53.9 Å². The SMILES string of the molecule is O=C(Nc1nc(-c2cccc(NS(=O)(=O)c3ccc(Cl)cc3)c2)cs1)c1ccc2ccccc2c1O. The van der Waals surface area contributed by atoms with Crippen molar-refractivity contribution in [2.75, 3.05) is 10.0 Å². The molecule has 5 rings (SSSR count). The van der Waals surface area contributed by atoms with Gasteiger partial charge in [0.15, 0.2) is 5.13 Å². The third-order valence-electron chi connectivity index (χ3n) is 5.40. The summed E-state index contributed by atoms with van der Waals surface area (Å²) in [6.07, 6.45) is 0.